The van der Waals surface area contributed by atoms with E-state index >= 15 is 0 Å². The monoisotopic (exact) mass is 210 g/mol. The van der Waals surface area contributed by atoms with Crippen molar-refractivity contribution in [1.29, 1.82) is 0 Å². The van der Waals surface area contributed by atoms with Crippen LogP contribution in [-0.2, 0) is 11.8 Å². The Kier molecular flexibility index (Phi) is 3.49. The van der Waals surface area contributed by atoms with E-state index < -0.39 is 12.0 Å². The molecule has 0 bridgehead atoms. The second-order valence-electron chi connectivity index (χ2n) is 3.31. The zero-order valence-electron chi connectivity index (χ0n) is 8.73. The van der Waals surface area contributed by atoms with Gasteiger partial charge in [0.05, 0.1) is 5.69 Å². The third-order valence-corrected chi connectivity index (χ3v) is 2.13. The van der Waals surface area contributed by atoms with Gasteiger partial charge in [0.1, 0.15) is 6.04 Å². The van der Waals surface area contributed by atoms with Crippen molar-refractivity contribution in [1.82, 2.24) is 4.57 Å². The number of aromatic nitrogens is 1. The van der Waals surface area contributed by atoms with E-state index in [2.05, 4.69) is 5.32 Å². The average molecular weight is 210 g/mol. The molecule has 1 aromatic heterocycles. The van der Waals surface area contributed by atoms with Gasteiger partial charge in [0.25, 0.3) is 0 Å². The lowest BCUT2D eigenvalue weighted by molar-refractivity contribution is -0.137. The Morgan fingerprint density at radius 3 is 2.73 bits per heavy atom. The summed E-state index contributed by atoms with van der Waals surface area (Å²) in [6, 6.07) is 2.35. The average Bonchev–Trinajstić information content (AvgIpc) is 2.19. The molecule has 5 nitrogen and oxygen atoms in total. The lowest BCUT2D eigenvalue weighted by atomic mass is 10.2. The first-order chi connectivity index (χ1) is 7.04. The van der Waals surface area contributed by atoms with E-state index in [0.29, 0.717) is 12.1 Å². The van der Waals surface area contributed by atoms with Gasteiger partial charge in [-0.05, 0) is 12.5 Å². The van der Waals surface area contributed by atoms with Crippen LogP contribution in [0, 0.1) is 0 Å². The van der Waals surface area contributed by atoms with Crippen LogP contribution in [0.15, 0.2) is 23.1 Å². The molecule has 1 aromatic rings. The quantitative estimate of drug-likeness (QED) is 0.765. The van der Waals surface area contributed by atoms with Gasteiger partial charge < -0.3 is 15.0 Å². The van der Waals surface area contributed by atoms with Gasteiger partial charge in [-0.2, -0.15) is 0 Å². The fourth-order valence-corrected chi connectivity index (χ4v) is 1.22. The molecule has 15 heavy (non-hydrogen) atoms. The number of pyridine rings is 1. The van der Waals surface area contributed by atoms with Crippen molar-refractivity contribution in [2.75, 3.05) is 5.32 Å². The Morgan fingerprint density at radius 1 is 1.60 bits per heavy atom. The second kappa shape index (κ2) is 4.63. The predicted octanol–water partition coefficient (Wildman–Crippen LogP) is 0.660. The van der Waals surface area contributed by atoms with Crippen LogP contribution in [0.1, 0.15) is 13.3 Å². The summed E-state index contributed by atoms with van der Waals surface area (Å²) in [4.78, 5) is 21.8. The molecule has 0 saturated heterocycles. The zero-order chi connectivity index (χ0) is 11.4. The van der Waals surface area contributed by atoms with Crippen molar-refractivity contribution in [2.45, 2.75) is 19.4 Å². The molecule has 82 valence electrons. The van der Waals surface area contributed by atoms with Crippen molar-refractivity contribution in [3.05, 3.63) is 28.7 Å². The molecule has 0 amide bonds. The summed E-state index contributed by atoms with van der Waals surface area (Å²) in [5.41, 5.74) is 0.510. The molecular weight excluding hydrogens is 196 g/mol. The van der Waals surface area contributed by atoms with Gasteiger partial charge in [0.2, 0.25) is 5.56 Å². The zero-order valence-corrected chi connectivity index (χ0v) is 8.73. The molecule has 0 spiro atoms. The molecule has 0 radical (unpaired) electrons. The first-order valence-corrected chi connectivity index (χ1v) is 4.70. The van der Waals surface area contributed by atoms with Crippen LogP contribution in [0.2, 0.25) is 0 Å². The maximum Gasteiger partial charge on any atom is 0.326 e. The minimum absolute atomic E-state index is 0.121. The maximum atomic E-state index is 11.1. The van der Waals surface area contributed by atoms with Crippen LogP contribution < -0.4 is 10.9 Å². The normalized spacial score (nSPS) is 12.1. The molecule has 1 heterocycles. The van der Waals surface area contributed by atoms with Gasteiger partial charge in [-0.1, -0.05) is 6.92 Å². The fraction of sp³-hybridized carbons (Fsp3) is 0.400. The Hall–Kier alpha value is -1.78. The van der Waals surface area contributed by atoms with E-state index in [1.807, 2.05) is 0 Å². The first-order valence-electron chi connectivity index (χ1n) is 4.70. The van der Waals surface area contributed by atoms with Gasteiger partial charge in [0, 0.05) is 19.3 Å². The molecule has 1 rings (SSSR count). The number of aliphatic carboxylic acids is 1. The number of hydrogen-bond acceptors (Lipinski definition) is 3. The summed E-state index contributed by atoms with van der Waals surface area (Å²) >= 11 is 0. The predicted molar refractivity (Wildman–Crippen MR) is 57.0 cm³/mol. The number of aryl methyl sites for hydroxylation is 1. The standard InChI is InChI=1S/C10H14N2O3/c1-3-8(10(14)15)11-7-4-5-9(13)12(2)6-7/h4-6,8,11H,3H2,1-2H3,(H,14,15). The van der Waals surface area contributed by atoms with Gasteiger partial charge in [-0.25, -0.2) is 4.79 Å². The van der Waals surface area contributed by atoms with E-state index in [1.54, 1.807) is 26.2 Å². The SMILES string of the molecule is CCC(Nc1ccc(=O)n(C)c1)C(=O)O. The summed E-state index contributed by atoms with van der Waals surface area (Å²) < 4.78 is 1.40. The van der Waals surface area contributed by atoms with Crippen LogP contribution in [0.5, 0.6) is 0 Å². The molecule has 1 atom stereocenters. The van der Waals surface area contributed by atoms with Crippen molar-refractivity contribution < 1.29 is 9.90 Å². The minimum Gasteiger partial charge on any atom is -0.480 e. The van der Waals surface area contributed by atoms with Gasteiger partial charge >= 0.3 is 5.97 Å². The summed E-state index contributed by atoms with van der Waals surface area (Å²) in [5.74, 6) is -0.897. The van der Waals surface area contributed by atoms with Crippen LogP contribution in [0.3, 0.4) is 0 Å². The van der Waals surface area contributed by atoms with Crippen LogP contribution in [0.4, 0.5) is 5.69 Å². The topological polar surface area (TPSA) is 71.3 Å². The number of rotatable bonds is 4. The highest BCUT2D eigenvalue weighted by molar-refractivity contribution is 5.77. The summed E-state index contributed by atoms with van der Waals surface area (Å²) in [6.07, 6.45) is 2.06. The second-order valence-corrected chi connectivity index (χ2v) is 3.31. The Balaban J connectivity index is 2.84. The van der Waals surface area contributed by atoms with Crippen LogP contribution in [-0.4, -0.2) is 21.7 Å². The summed E-state index contributed by atoms with van der Waals surface area (Å²) in [6.45, 7) is 1.79. The third kappa shape index (κ3) is 2.83. The molecule has 0 aliphatic rings. The summed E-state index contributed by atoms with van der Waals surface area (Å²) in [5, 5.41) is 11.7. The maximum absolute atomic E-state index is 11.1. The molecule has 0 fully saturated rings. The number of carboxylic acids is 1. The number of nitrogens with zero attached hydrogens (tertiary/aromatic N) is 1. The smallest absolute Gasteiger partial charge is 0.326 e. The third-order valence-electron chi connectivity index (χ3n) is 2.13. The Bertz CT molecular complexity index is 411. The van der Waals surface area contributed by atoms with E-state index in [9.17, 15) is 9.59 Å². The molecule has 0 aliphatic heterocycles. The highest BCUT2D eigenvalue weighted by Gasteiger charge is 2.14. The highest BCUT2D eigenvalue weighted by Crippen LogP contribution is 2.06. The molecular formula is C10H14N2O3. The number of carboxylic acid groups (broad SMARTS) is 1. The van der Waals surface area contributed by atoms with Crippen molar-refractivity contribution in [3.63, 3.8) is 0 Å². The lowest BCUT2D eigenvalue weighted by Gasteiger charge is -2.13. The van der Waals surface area contributed by atoms with Crippen LogP contribution in [0.25, 0.3) is 0 Å². The lowest BCUT2D eigenvalue weighted by Crippen LogP contribution is -2.29. The van der Waals surface area contributed by atoms with Gasteiger partial charge in [0.15, 0.2) is 0 Å². The Labute approximate surface area is 87.4 Å². The Morgan fingerprint density at radius 2 is 2.27 bits per heavy atom. The van der Waals surface area contributed by atoms with Crippen molar-refractivity contribution >= 4 is 11.7 Å². The van der Waals surface area contributed by atoms with Crippen molar-refractivity contribution in [3.8, 4) is 0 Å². The molecule has 2 N–H and O–H groups in total. The molecule has 0 aromatic carbocycles. The molecule has 0 aliphatic carbocycles. The van der Waals surface area contributed by atoms with Gasteiger partial charge in [-0.3, -0.25) is 4.79 Å². The molecule has 5 heteroatoms. The van der Waals surface area contributed by atoms with E-state index in [0.717, 1.165) is 0 Å². The minimum atomic E-state index is -0.897. The van der Waals surface area contributed by atoms with E-state index in [4.69, 9.17) is 5.11 Å². The van der Waals surface area contributed by atoms with Crippen LogP contribution >= 0.6 is 0 Å². The number of anilines is 1. The van der Waals surface area contributed by atoms with E-state index in [-0.39, 0.29) is 5.56 Å². The first kappa shape index (κ1) is 11.3. The number of hydrogen-bond donors (Lipinski definition) is 2. The van der Waals surface area contributed by atoms with Gasteiger partial charge in [-0.15, -0.1) is 0 Å². The number of carbonyl (C=O) groups is 1. The molecule has 0 saturated carbocycles. The summed E-state index contributed by atoms with van der Waals surface area (Å²) in [7, 11) is 1.62. The fourth-order valence-electron chi connectivity index (χ4n) is 1.22. The highest BCUT2D eigenvalue weighted by atomic mass is 16.4. The van der Waals surface area contributed by atoms with Crippen molar-refractivity contribution in [2.24, 2.45) is 7.05 Å². The molecule has 1 unspecified atom stereocenters. The number of nitrogens with one attached hydrogen (secondary N) is 1. The largest absolute Gasteiger partial charge is 0.480 e. The van der Waals surface area contributed by atoms with E-state index in [1.165, 1.54) is 10.6 Å².